The fourth-order valence-electron chi connectivity index (χ4n) is 2.19. The van der Waals surface area contributed by atoms with Gasteiger partial charge in [0.25, 0.3) is 0 Å². The van der Waals surface area contributed by atoms with Gasteiger partial charge in [-0.1, -0.05) is 46.0 Å². The van der Waals surface area contributed by atoms with Crippen molar-refractivity contribution in [3.8, 4) is 0 Å². The molecule has 0 amide bonds. The molecule has 0 aromatic heterocycles. The monoisotopic (exact) mass is 227 g/mol. The Balaban J connectivity index is 1.73. The van der Waals surface area contributed by atoms with Gasteiger partial charge in [-0.3, -0.25) is 0 Å². The van der Waals surface area contributed by atoms with E-state index in [1.807, 2.05) is 0 Å². The van der Waals surface area contributed by atoms with Gasteiger partial charge in [0.2, 0.25) is 0 Å². The van der Waals surface area contributed by atoms with Crippen LogP contribution in [0.2, 0.25) is 0 Å². The van der Waals surface area contributed by atoms with Crippen molar-refractivity contribution >= 4 is 0 Å². The number of rotatable bonds is 11. The summed E-state index contributed by atoms with van der Waals surface area (Å²) in [4.78, 5) is 2.52. The van der Waals surface area contributed by atoms with Crippen molar-refractivity contribution < 1.29 is 4.74 Å². The maximum absolute atomic E-state index is 5.20. The molecule has 0 N–H and O–H groups in total. The Bertz CT molecular complexity index is 153. The number of epoxide rings is 1. The van der Waals surface area contributed by atoms with Crippen LogP contribution in [-0.4, -0.2) is 37.2 Å². The van der Waals surface area contributed by atoms with Gasteiger partial charge in [-0.15, -0.1) is 0 Å². The maximum atomic E-state index is 5.20. The first kappa shape index (κ1) is 14.0. The summed E-state index contributed by atoms with van der Waals surface area (Å²) < 4.78 is 5.20. The lowest BCUT2D eigenvalue weighted by atomic mass is 10.1. The van der Waals surface area contributed by atoms with E-state index in [-0.39, 0.29) is 0 Å². The molecule has 1 atom stereocenters. The average molecular weight is 227 g/mol. The third-order valence-electron chi connectivity index (χ3n) is 3.55. The molecule has 0 bridgehead atoms. The Morgan fingerprint density at radius 2 is 1.50 bits per heavy atom. The third kappa shape index (κ3) is 7.24. The first-order chi connectivity index (χ1) is 7.86. The molecule has 0 radical (unpaired) electrons. The van der Waals surface area contributed by atoms with E-state index in [4.69, 9.17) is 4.74 Å². The molecule has 1 fully saturated rings. The summed E-state index contributed by atoms with van der Waals surface area (Å²) >= 11 is 0. The van der Waals surface area contributed by atoms with Gasteiger partial charge < -0.3 is 9.64 Å². The number of nitrogens with zero attached hydrogens (tertiary/aromatic N) is 1. The number of ether oxygens (including phenoxy) is 1. The first-order valence-corrected chi connectivity index (χ1v) is 7.20. The lowest BCUT2D eigenvalue weighted by Crippen LogP contribution is -2.23. The molecule has 1 aliphatic rings. The van der Waals surface area contributed by atoms with Crippen LogP contribution in [0.4, 0.5) is 0 Å². The van der Waals surface area contributed by atoms with Crippen molar-refractivity contribution in [2.75, 3.05) is 26.2 Å². The lowest BCUT2D eigenvalue weighted by molar-refractivity contribution is 0.295. The normalized spacial score (nSPS) is 19.3. The highest BCUT2D eigenvalue weighted by molar-refractivity contribution is 4.68. The van der Waals surface area contributed by atoms with Gasteiger partial charge >= 0.3 is 0 Å². The van der Waals surface area contributed by atoms with Crippen LogP contribution >= 0.6 is 0 Å². The van der Waals surface area contributed by atoms with E-state index in [2.05, 4.69) is 18.7 Å². The van der Waals surface area contributed by atoms with Crippen molar-refractivity contribution in [3.63, 3.8) is 0 Å². The van der Waals surface area contributed by atoms with Crippen molar-refractivity contribution in [2.45, 2.75) is 64.9 Å². The molecule has 0 aliphatic carbocycles. The molecule has 2 heteroatoms. The first-order valence-electron chi connectivity index (χ1n) is 7.20. The molecule has 1 heterocycles. The van der Waals surface area contributed by atoms with Crippen LogP contribution in [0.1, 0.15) is 58.8 Å². The fraction of sp³-hybridized carbons (Fsp3) is 1.00. The number of hydrogen-bond acceptors (Lipinski definition) is 2. The summed E-state index contributed by atoms with van der Waals surface area (Å²) in [6, 6.07) is 0. The smallest absolute Gasteiger partial charge is 0.0810 e. The van der Waals surface area contributed by atoms with Crippen LogP contribution in [0.3, 0.4) is 0 Å². The molecule has 96 valence electrons. The molecule has 2 nitrogen and oxygen atoms in total. The Morgan fingerprint density at radius 1 is 0.938 bits per heavy atom. The molecule has 1 aliphatic heterocycles. The van der Waals surface area contributed by atoms with Gasteiger partial charge in [-0.25, -0.2) is 0 Å². The van der Waals surface area contributed by atoms with Crippen LogP contribution in [0.5, 0.6) is 0 Å². The minimum absolute atomic E-state index is 0.641. The summed E-state index contributed by atoms with van der Waals surface area (Å²) in [7, 11) is 0. The average Bonchev–Trinajstić information content (AvgIpc) is 3.11. The van der Waals surface area contributed by atoms with E-state index >= 15 is 0 Å². The standard InChI is InChI=1S/C14H29NO/c1-3-15(4-2)12-10-8-6-5-7-9-11-14-13-16-14/h14H,3-13H2,1-2H3. The van der Waals surface area contributed by atoms with Crippen LogP contribution in [0.25, 0.3) is 0 Å². The second-order valence-electron chi connectivity index (χ2n) is 4.89. The second kappa shape index (κ2) is 9.00. The lowest BCUT2D eigenvalue weighted by Gasteiger charge is -2.17. The van der Waals surface area contributed by atoms with E-state index in [9.17, 15) is 0 Å². The van der Waals surface area contributed by atoms with Crippen LogP contribution < -0.4 is 0 Å². The summed E-state index contributed by atoms with van der Waals surface area (Å²) in [6.07, 6.45) is 10.4. The zero-order valence-corrected chi connectivity index (χ0v) is 11.2. The van der Waals surface area contributed by atoms with E-state index in [1.54, 1.807) is 0 Å². The molecule has 1 rings (SSSR count). The highest BCUT2D eigenvalue weighted by Gasteiger charge is 2.20. The van der Waals surface area contributed by atoms with Gasteiger partial charge in [0, 0.05) is 0 Å². The van der Waals surface area contributed by atoms with Crippen LogP contribution in [-0.2, 0) is 4.74 Å². The summed E-state index contributed by atoms with van der Waals surface area (Å²) in [5.41, 5.74) is 0. The highest BCUT2D eigenvalue weighted by Crippen LogP contribution is 2.17. The maximum Gasteiger partial charge on any atom is 0.0810 e. The fourth-order valence-corrected chi connectivity index (χ4v) is 2.19. The van der Waals surface area contributed by atoms with Gasteiger partial charge in [0.1, 0.15) is 0 Å². The van der Waals surface area contributed by atoms with Crippen molar-refractivity contribution in [1.82, 2.24) is 4.90 Å². The SMILES string of the molecule is CCN(CC)CCCCCCCCC1CO1. The van der Waals surface area contributed by atoms with E-state index < -0.39 is 0 Å². The van der Waals surface area contributed by atoms with E-state index in [1.165, 1.54) is 64.6 Å². The largest absolute Gasteiger partial charge is 0.373 e. The molecule has 0 aromatic carbocycles. The topological polar surface area (TPSA) is 15.8 Å². The minimum atomic E-state index is 0.641. The van der Waals surface area contributed by atoms with E-state index in [0.29, 0.717) is 6.10 Å². The van der Waals surface area contributed by atoms with Gasteiger partial charge in [0.05, 0.1) is 12.7 Å². The predicted octanol–water partition coefficient (Wildman–Crippen LogP) is 3.46. The number of hydrogen-bond donors (Lipinski definition) is 0. The number of unbranched alkanes of at least 4 members (excludes halogenated alkanes) is 5. The molecular weight excluding hydrogens is 198 g/mol. The zero-order chi connectivity index (χ0) is 11.6. The summed E-state index contributed by atoms with van der Waals surface area (Å²) in [5, 5.41) is 0. The molecule has 1 saturated heterocycles. The van der Waals surface area contributed by atoms with E-state index in [0.717, 1.165) is 6.61 Å². The zero-order valence-electron chi connectivity index (χ0n) is 11.2. The third-order valence-corrected chi connectivity index (χ3v) is 3.55. The summed E-state index contributed by atoms with van der Waals surface area (Å²) in [6.45, 7) is 9.25. The molecule has 1 unspecified atom stereocenters. The summed E-state index contributed by atoms with van der Waals surface area (Å²) in [5.74, 6) is 0. The van der Waals surface area contributed by atoms with Crippen LogP contribution in [0, 0.1) is 0 Å². The minimum Gasteiger partial charge on any atom is -0.373 e. The quantitative estimate of drug-likeness (QED) is 0.397. The highest BCUT2D eigenvalue weighted by atomic mass is 16.6. The van der Waals surface area contributed by atoms with Crippen molar-refractivity contribution in [2.24, 2.45) is 0 Å². The van der Waals surface area contributed by atoms with Crippen molar-refractivity contribution in [3.05, 3.63) is 0 Å². The molecular formula is C14H29NO. The predicted molar refractivity (Wildman–Crippen MR) is 69.8 cm³/mol. The molecule has 0 aromatic rings. The Hall–Kier alpha value is -0.0800. The Kier molecular flexibility index (Phi) is 7.87. The molecule has 0 spiro atoms. The van der Waals surface area contributed by atoms with Crippen LogP contribution in [0.15, 0.2) is 0 Å². The van der Waals surface area contributed by atoms with Gasteiger partial charge in [0.15, 0.2) is 0 Å². The Labute approximate surface area is 101 Å². The van der Waals surface area contributed by atoms with Gasteiger partial charge in [-0.05, 0) is 32.5 Å². The molecule has 0 saturated carbocycles. The second-order valence-corrected chi connectivity index (χ2v) is 4.89. The van der Waals surface area contributed by atoms with Crippen molar-refractivity contribution in [1.29, 1.82) is 0 Å². The van der Waals surface area contributed by atoms with Gasteiger partial charge in [-0.2, -0.15) is 0 Å². The molecule has 16 heavy (non-hydrogen) atoms. The Morgan fingerprint density at radius 3 is 2.06 bits per heavy atom.